The minimum Gasteiger partial charge on any atom is -0.430 e. The topological polar surface area (TPSA) is 35.0 Å². The number of halogens is 2. The van der Waals surface area contributed by atoms with Crippen molar-refractivity contribution < 1.29 is 9.13 Å². The molecule has 0 saturated heterocycles. The van der Waals surface area contributed by atoms with Gasteiger partial charge >= 0.3 is 0 Å². The second-order valence-electron chi connectivity index (χ2n) is 3.87. The second-order valence-corrected chi connectivity index (χ2v) is 5.44. The fourth-order valence-electron chi connectivity index (χ4n) is 1.41. The molecule has 3 nitrogen and oxygen atoms in total. The van der Waals surface area contributed by atoms with E-state index in [1.165, 1.54) is 17.6 Å². The lowest BCUT2D eigenvalue weighted by Crippen LogP contribution is -1.86. The van der Waals surface area contributed by atoms with Gasteiger partial charge in [0.25, 0.3) is 5.19 Å². The Bertz CT molecular complexity index is 556. The number of hydrogen-bond donors (Lipinski definition) is 0. The first-order chi connectivity index (χ1) is 8.22. The SMILES string of the molecule is Fc1ccc(Oc2nc(C3CC3)ns2)cc1Br. The van der Waals surface area contributed by atoms with Crippen molar-refractivity contribution in [2.24, 2.45) is 0 Å². The summed E-state index contributed by atoms with van der Waals surface area (Å²) in [6.07, 6.45) is 2.33. The Labute approximate surface area is 110 Å². The van der Waals surface area contributed by atoms with Gasteiger partial charge in [-0.3, -0.25) is 0 Å². The largest absolute Gasteiger partial charge is 0.430 e. The number of ether oxygens (including phenoxy) is 1. The molecule has 2 aromatic rings. The zero-order valence-electron chi connectivity index (χ0n) is 8.69. The zero-order valence-corrected chi connectivity index (χ0v) is 11.1. The van der Waals surface area contributed by atoms with Gasteiger partial charge in [0.2, 0.25) is 0 Å². The summed E-state index contributed by atoms with van der Waals surface area (Å²) in [6.45, 7) is 0. The van der Waals surface area contributed by atoms with E-state index in [2.05, 4.69) is 25.3 Å². The summed E-state index contributed by atoms with van der Waals surface area (Å²) in [5.41, 5.74) is 0. The number of aromatic nitrogens is 2. The van der Waals surface area contributed by atoms with Crippen molar-refractivity contribution in [3.63, 3.8) is 0 Å². The van der Waals surface area contributed by atoms with E-state index in [4.69, 9.17) is 4.74 Å². The van der Waals surface area contributed by atoms with Crippen LogP contribution in [0.5, 0.6) is 10.9 Å². The molecule has 1 aromatic heterocycles. The van der Waals surface area contributed by atoms with Crippen LogP contribution >= 0.6 is 27.5 Å². The Morgan fingerprint density at radius 2 is 2.24 bits per heavy atom. The Kier molecular flexibility index (Phi) is 2.84. The monoisotopic (exact) mass is 314 g/mol. The van der Waals surface area contributed by atoms with Crippen LogP contribution in [-0.4, -0.2) is 9.36 Å². The second kappa shape index (κ2) is 4.34. The molecule has 1 saturated carbocycles. The fraction of sp³-hybridized carbons (Fsp3) is 0.273. The number of rotatable bonds is 3. The molecule has 0 amide bonds. The molecular weight excluding hydrogens is 307 g/mol. The number of hydrogen-bond acceptors (Lipinski definition) is 4. The minimum atomic E-state index is -0.312. The summed E-state index contributed by atoms with van der Waals surface area (Å²) in [4.78, 5) is 4.30. The highest BCUT2D eigenvalue weighted by molar-refractivity contribution is 9.10. The first-order valence-corrected chi connectivity index (χ1v) is 6.75. The third-order valence-corrected chi connectivity index (χ3v) is 3.68. The van der Waals surface area contributed by atoms with Crippen molar-refractivity contribution in [2.75, 3.05) is 0 Å². The van der Waals surface area contributed by atoms with Gasteiger partial charge in [-0.2, -0.15) is 9.36 Å². The molecule has 3 rings (SSSR count). The van der Waals surface area contributed by atoms with Gasteiger partial charge in [0, 0.05) is 17.5 Å². The summed E-state index contributed by atoms with van der Waals surface area (Å²) >= 11 is 4.34. The van der Waals surface area contributed by atoms with Crippen molar-refractivity contribution in [1.29, 1.82) is 0 Å². The fourth-order valence-corrected chi connectivity index (χ4v) is 2.40. The van der Waals surface area contributed by atoms with Crippen molar-refractivity contribution in [3.05, 3.63) is 34.3 Å². The van der Waals surface area contributed by atoms with Gasteiger partial charge in [0.05, 0.1) is 4.47 Å². The van der Waals surface area contributed by atoms with Crippen molar-refractivity contribution in [2.45, 2.75) is 18.8 Å². The zero-order chi connectivity index (χ0) is 11.8. The van der Waals surface area contributed by atoms with Crippen LogP contribution in [0.2, 0.25) is 0 Å². The van der Waals surface area contributed by atoms with Gasteiger partial charge in [-0.05, 0) is 47.0 Å². The Morgan fingerprint density at radius 3 is 2.94 bits per heavy atom. The molecule has 1 aromatic carbocycles. The van der Waals surface area contributed by atoms with Crippen LogP contribution in [0.3, 0.4) is 0 Å². The highest BCUT2D eigenvalue weighted by Crippen LogP contribution is 2.40. The van der Waals surface area contributed by atoms with Gasteiger partial charge in [-0.15, -0.1) is 0 Å². The Hall–Kier alpha value is -1.01. The van der Waals surface area contributed by atoms with E-state index >= 15 is 0 Å². The number of nitrogens with zero attached hydrogens (tertiary/aromatic N) is 2. The first-order valence-electron chi connectivity index (χ1n) is 5.19. The molecule has 1 aliphatic rings. The Balaban J connectivity index is 1.78. The average Bonchev–Trinajstić information content (AvgIpc) is 3.06. The van der Waals surface area contributed by atoms with E-state index in [1.54, 1.807) is 12.1 Å². The van der Waals surface area contributed by atoms with E-state index in [0.29, 0.717) is 21.3 Å². The molecule has 88 valence electrons. The lowest BCUT2D eigenvalue weighted by atomic mass is 10.3. The molecule has 0 aliphatic heterocycles. The van der Waals surface area contributed by atoms with Crippen LogP contribution in [0, 0.1) is 5.82 Å². The predicted octanol–water partition coefficient (Wildman–Crippen LogP) is 4.11. The van der Waals surface area contributed by atoms with Crippen molar-refractivity contribution in [3.8, 4) is 10.9 Å². The first kappa shape index (κ1) is 11.1. The molecule has 0 atom stereocenters. The maximum absolute atomic E-state index is 13.0. The predicted molar refractivity (Wildman–Crippen MR) is 66.1 cm³/mol. The van der Waals surface area contributed by atoms with E-state index < -0.39 is 0 Å². The third kappa shape index (κ3) is 2.47. The molecule has 6 heteroatoms. The summed E-state index contributed by atoms with van der Waals surface area (Å²) in [6, 6.07) is 4.49. The van der Waals surface area contributed by atoms with Gasteiger partial charge < -0.3 is 4.74 Å². The molecule has 1 heterocycles. The van der Waals surface area contributed by atoms with Crippen molar-refractivity contribution in [1.82, 2.24) is 9.36 Å². The standard InChI is InChI=1S/C11H8BrFN2OS/c12-8-5-7(3-4-9(8)13)16-11-14-10(15-17-11)6-1-2-6/h3-6H,1-2H2. The van der Waals surface area contributed by atoms with E-state index in [0.717, 1.165) is 18.7 Å². The van der Waals surface area contributed by atoms with Crippen LogP contribution in [0.4, 0.5) is 4.39 Å². The van der Waals surface area contributed by atoms with Gasteiger partial charge in [-0.25, -0.2) is 4.39 Å². The van der Waals surface area contributed by atoms with Gasteiger partial charge in [-0.1, -0.05) is 0 Å². The highest BCUT2D eigenvalue weighted by atomic mass is 79.9. The van der Waals surface area contributed by atoms with Crippen LogP contribution in [0.15, 0.2) is 22.7 Å². The van der Waals surface area contributed by atoms with E-state index in [-0.39, 0.29) is 5.82 Å². The van der Waals surface area contributed by atoms with Crippen LogP contribution in [0.1, 0.15) is 24.6 Å². The quantitative estimate of drug-likeness (QED) is 0.855. The lowest BCUT2D eigenvalue weighted by Gasteiger charge is -2.01. The maximum Gasteiger partial charge on any atom is 0.298 e. The minimum absolute atomic E-state index is 0.312. The Morgan fingerprint density at radius 1 is 1.41 bits per heavy atom. The maximum atomic E-state index is 13.0. The molecule has 0 bridgehead atoms. The van der Waals surface area contributed by atoms with Crippen molar-refractivity contribution >= 4 is 27.5 Å². The van der Waals surface area contributed by atoms with Crippen LogP contribution < -0.4 is 4.74 Å². The molecule has 17 heavy (non-hydrogen) atoms. The van der Waals surface area contributed by atoms with E-state index in [9.17, 15) is 4.39 Å². The summed E-state index contributed by atoms with van der Waals surface area (Å²) in [5, 5.41) is 0.505. The summed E-state index contributed by atoms with van der Waals surface area (Å²) in [5.74, 6) is 1.62. The summed E-state index contributed by atoms with van der Waals surface area (Å²) < 4.78 is 23.2. The average molecular weight is 315 g/mol. The molecule has 1 aliphatic carbocycles. The molecule has 0 unspecified atom stereocenters. The summed E-state index contributed by atoms with van der Waals surface area (Å²) in [7, 11) is 0. The lowest BCUT2D eigenvalue weighted by molar-refractivity contribution is 0.474. The van der Waals surface area contributed by atoms with E-state index in [1.807, 2.05) is 0 Å². The molecule has 0 radical (unpaired) electrons. The molecule has 1 fully saturated rings. The molecular formula is C11H8BrFN2OS. The normalized spacial score (nSPS) is 14.9. The van der Waals surface area contributed by atoms with Crippen LogP contribution in [0.25, 0.3) is 0 Å². The molecule has 0 N–H and O–H groups in total. The van der Waals surface area contributed by atoms with Crippen LogP contribution in [-0.2, 0) is 0 Å². The van der Waals surface area contributed by atoms with Gasteiger partial charge in [0.1, 0.15) is 17.4 Å². The third-order valence-electron chi connectivity index (χ3n) is 2.46. The highest BCUT2D eigenvalue weighted by Gasteiger charge is 2.28. The number of benzene rings is 1. The smallest absolute Gasteiger partial charge is 0.298 e. The van der Waals surface area contributed by atoms with Gasteiger partial charge in [0.15, 0.2) is 0 Å². The molecule has 0 spiro atoms.